The van der Waals surface area contributed by atoms with E-state index in [1.54, 1.807) is 0 Å². The maximum Gasteiger partial charge on any atom is 0.229 e. The Hall–Kier alpha value is -0.700. The van der Waals surface area contributed by atoms with Gasteiger partial charge in [0.15, 0.2) is 0 Å². The van der Waals surface area contributed by atoms with Crippen LogP contribution in [0.1, 0.15) is 14.5 Å². The summed E-state index contributed by atoms with van der Waals surface area (Å²) in [7, 11) is 0. The molecule has 0 radical (unpaired) electrons. The maximum atomic E-state index is 10.7. The fourth-order valence-corrected chi connectivity index (χ4v) is 0.561. The minimum Gasteiger partial charge on any atom is -0.281 e. The lowest BCUT2D eigenvalue weighted by molar-refractivity contribution is 0.109. The Morgan fingerprint density at radius 2 is 2.67 bits per heavy atom. The molecule has 1 aromatic rings. The molecule has 0 saturated carbocycles. The van der Waals surface area contributed by atoms with Gasteiger partial charge in [-0.05, 0) is 28.0 Å². The minimum absolute atomic E-state index is 0.0102. The van der Waals surface area contributed by atoms with Crippen molar-refractivity contribution >= 4 is 20.6 Å². The predicted octanol–water partition coefficient (Wildman–Crippen LogP) is 1.62. The van der Waals surface area contributed by atoms with E-state index in [9.17, 15) is 4.79 Å². The summed E-state index contributed by atoms with van der Waals surface area (Å²) in [4.78, 5) is 14.1. The zero-order chi connectivity index (χ0) is 9.30. The molecule has 0 fully saturated rings. The van der Waals surface area contributed by atoms with Gasteiger partial charge in [0.05, 0.1) is 4.11 Å². The Labute approximate surface area is 65.3 Å². The standard InChI is InChI=1S/C6H4BrNO/c7-6(9)5-2-1-3-8-4-5/h1-4H/i1D,3D,4D. The van der Waals surface area contributed by atoms with E-state index in [1.165, 1.54) is 0 Å². The van der Waals surface area contributed by atoms with Crippen LogP contribution < -0.4 is 0 Å². The predicted molar refractivity (Wildman–Crippen MR) is 37.5 cm³/mol. The number of pyridine rings is 1. The molecule has 0 atom stereocenters. The zero-order valence-electron chi connectivity index (χ0n) is 7.31. The fraction of sp³-hybridized carbons (Fsp3) is 0. The number of aromatic nitrogens is 1. The molecule has 0 aliphatic rings. The first kappa shape index (κ1) is 3.46. The van der Waals surface area contributed by atoms with Crippen molar-refractivity contribution in [2.24, 2.45) is 0 Å². The largest absolute Gasteiger partial charge is 0.281 e. The van der Waals surface area contributed by atoms with Crippen molar-refractivity contribution in [1.82, 2.24) is 4.98 Å². The van der Waals surface area contributed by atoms with Crippen LogP contribution in [0.5, 0.6) is 0 Å². The second-order valence-corrected chi connectivity index (χ2v) is 2.03. The lowest BCUT2D eigenvalue weighted by Crippen LogP contribution is -1.86. The van der Waals surface area contributed by atoms with Crippen molar-refractivity contribution in [1.29, 1.82) is 0 Å². The van der Waals surface area contributed by atoms with E-state index in [2.05, 4.69) is 20.9 Å². The maximum absolute atomic E-state index is 10.7. The molecular weight excluding hydrogens is 182 g/mol. The van der Waals surface area contributed by atoms with Crippen LogP contribution in [0.3, 0.4) is 0 Å². The average molecular weight is 189 g/mol. The van der Waals surface area contributed by atoms with E-state index in [-0.39, 0.29) is 24.0 Å². The van der Waals surface area contributed by atoms with Crippen molar-refractivity contribution in [3.05, 3.63) is 30.0 Å². The van der Waals surface area contributed by atoms with Crippen molar-refractivity contribution < 1.29 is 8.91 Å². The minimum atomic E-state index is -0.492. The van der Waals surface area contributed by atoms with E-state index >= 15 is 0 Å². The Morgan fingerprint density at radius 1 is 1.89 bits per heavy atom. The normalized spacial score (nSPS) is 13.7. The van der Waals surface area contributed by atoms with Crippen LogP contribution in [0.4, 0.5) is 0 Å². The lowest BCUT2D eigenvalue weighted by Gasteiger charge is -1.87. The molecule has 0 N–H and O–H groups in total. The second-order valence-electron chi connectivity index (χ2n) is 1.31. The lowest BCUT2D eigenvalue weighted by atomic mass is 10.3. The summed E-state index contributed by atoms with van der Waals surface area (Å²) in [6.45, 7) is 0. The van der Waals surface area contributed by atoms with Gasteiger partial charge >= 0.3 is 0 Å². The van der Waals surface area contributed by atoms with Gasteiger partial charge in [-0.25, -0.2) is 0 Å². The molecule has 0 aliphatic heterocycles. The summed E-state index contributed by atoms with van der Waals surface area (Å²) in [5, 5.41) is 0. The molecule has 0 aromatic carbocycles. The highest BCUT2D eigenvalue weighted by Gasteiger charge is 1.96. The Bertz CT molecular complexity index is 342. The van der Waals surface area contributed by atoms with Crippen LogP contribution in [0.2, 0.25) is 0 Å². The summed E-state index contributed by atoms with van der Waals surface area (Å²) in [5.74, 6) is 0. The summed E-state index contributed by atoms with van der Waals surface area (Å²) < 4.78 is 20.9. The van der Waals surface area contributed by atoms with Crippen LogP contribution in [0.15, 0.2) is 24.5 Å². The first-order valence-electron chi connectivity index (χ1n) is 3.67. The van der Waals surface area contributed by atoms with Crippen LogP contribution >= 0.6 is 15.9 Å². The summed E-state index contributed by atoms with van der Waals surface area (Å²) in [6, 6.07) is 0.989. The van der Waals surface area contributed by atoms with E-state index in [4.69, 9.17) is 4.11 Å². The third kappa shape index (κ3) is 1.61. The monoisotopic (exact) mass is 188 g/mol. The van der Waals surface area contributed by atoms with Crippen LogP contribution in [0.25, 0.3) is 0 Å². The molecule has 2 nitrogen and oxygen atoms in total. The highest BCUT2D eigenvalue weighted by atomic mass is 79.9. The third-order valence-electron chi connectivity index (χ3n) is 0.725. The Balaban J connectivity index is 3.33. The number of carbonyl (C=O) groups excluding carboxylic acids is 1. The molecule has 3 heteroatoms. The first-order valence-corrected chi connectivity index (χ1v) is 2.96. The van der Waals surface area contributed by atoms with Crippen molar-refractivity contribution in [3.8, 4) is 0 Å². The van der Waals surface area contributed by atoms with Gasteiger partial charge in [0.1, 0.15) is 0 Å². The van der Waals surface area contributed by atoms with E-state index in [0.29, 0.717) is 0 Å². The van der Waals surface area contributed by atoms with Gasteiger partial charge in [-0.2, -0.15) is 0 Å². The highest BCUT2D eigenvalue weighted by Crippen LogP contribution is 2.01. The topological polar surface area (TPSA) is 30.0 Å². The smallest absolute Gasteiger partial charge is 0.229 e. The van der Waals surface area contributed by atoms with Crippen molar-refractivity contribution in [2.45, 2.75) is 0 Å². The zero-order valence-corrected chi connectivity index (χ0v) is 5.90. The Morgan fingerprint density at radius 3 is 3.33 bits per heavy atom. The summed E-state index contributed by atoms with van der Waals surface area (Å²) in [5.41, 5.74) is 0.0102. The molecule has 46 valence electrons. The molecule has 0 amide bonds. The molecule has 0 spiro atoms. The number of halogens is 1. The van der Waals surface area contributed by atoms with Gasteiger partial charge in [-0.3, -0.25) is 9.78 Å². The number of carbonyl (C=O) groups is 1. The van der Waals surface area contributed by atoms with Crippen molar-refractivity contribution in [2.75, 3.05) is 0 Å². The number of rotatable bonds is 1. The van der Waals surface area contributed by atoms with E-state index < -0.39 is 4.69 Å². The number of hydrogen-bond acceptors (Lipinski definition) is 2. The molecular formula is C6H4BrNO. The molecule has 0 unspecified atom stereocenters. The second kappa shape index (κ2) is 2.73. The highest BCUT2D eigenvalue weighted by molar-refractivity contribution is 9.18. The van der Waals surface area contributed by atoms with Crippen molar-refractivity contribution in [3.63, 3.8) is 0 Å². The van der Waals surface area contributed by atoms with Crippen LogP contribution in [-0.2, 0) is 0 Å². The van der Waals surface area contributed by atoms with Gasteiger partial charge in [-0.15, -0.1) is 0 Å². The molecule has 1 rings (SSSR count). The molecule has 9 heavy (non-hydrogen) atoms. The molecule has 1 aromatic heterocycles. The molecule has 0 aliphatic carbocycles. The molecule has 0 bridgehead atoms. The molecule has 1 heterocycles. The van der Waals surface area contributed by atoms with Gasteiger partial charge < -0.3 is 0 Å². The number of nitrogens with zero attached hydrogens (tertiary/aromatic N) is 1. The van der Waals surface area contributed by atoms with Gasteiger partial charge in [0.25, 0.3) is 0 Å². The fourth-order valence-electron chi connectivity index (χ4n) is 0.358. The quantitative estimate of drug-likeness (QED) is 0.628. The average Bonchev–Trinajstić information content (AvgIpc) is 1.96. The Kier molecular flexibility index (Phi) is 1.05. The number of hydrogen-bond donors (Lipinski definition) is 0. The van der Waals surface area contributed by atoms with E-state index in [0.717, 1.165) is 6.07 Å². The van der Waals surface area contributed by atoms with E-state index in [1.807, 2.05) is 0 Å². The van der Waals surface area contributed by atoms with Gasteiger partial charge in [-0.1, -0.05) is 0 Å². The van der Waals surface area contributed by atoms with Crippen LogP contribution in [0, 0.1) is 0 Å². The SMILES string of the molecule is [2H]c1cc(C(=O)Br)c([2H])nc1[2H]. The van der Waals surface area contributed by atoms with Gasteiger partial charge in [0.2, 0.25) is 4.69 Å². The third-order valence-corrected chi connectivity index (χ3v) is 1.15. The summed E-state index contributed by atoms with van der Waals surface area (Å²) >= 11 is 2.65. The first-order chi connectivity index (χ1) is 5.52. The molecule has 0 saturated heterocycles. The van der Waals surface area contributed by atoms with Gasteiger partial charge in [0, 0.05) is 17.9 Å². The van der Waals surface area contributed by atoms with Crippen LogP contribution in [-0.4, -0.2) is 9.68 Å². The summed E-state index contributed by atoms with van der Waals surface area (Å²) in [6.07, 6.45) is -0.574.